The van der Waals surface area contributed by atoms with Gasteiger partial charge in [0.1, 0.15) is 0 Å². The lowest BCUT2D eigenvalue weighted by molar-refractivity contribution is 0.0172. The predicted octanol–water partition coefficient (Wildman–Crippen LogP) is 2.41. The van der Waals surface area contributed by atoms with Crippen molar-refractivity contribution in [2.45, 2.75) is 17.9 Å². The smallest absolute Gasteiger partial charge is 0.240 e. The molecule has 0 aliphatic carbocycles. The Morgan fingerprint density at radius 3 is 2.21 bits per heavy atom. The molecule has 0 bridgehead atoms. The average molecular weight is 404 g/mol. The van der Waals surface area contributed by atoms with E-state index in [1.54, 1.807) is 12.1 Å². The lowest BCUT2D eigenvalue weighted by Crippen LogP contribution is -2.43. The fraction of sp³-hybridized carbons (Fsp3) is 0.429. The number of sulfonamides is 1. The van der Waals surface area contributed by atoms with Gasteiger partial charge in [-0.3, -0.25) is 4.90 Å². The Labute approximate surface area is 168 Å². The van der Waals surface area contributed by atoms with Gasteiger partial charge in [0.25, 0.3) is 0 Å². The second kappa shape index (κ2) is 9.05. The quantitative estimate of drug-likeness (QED) is 0.769. The molecule has 7 heteroatoms. The average Bonchev–Trinajstić information content (AvgIpc) is 2.69. The molecule has 0 aromatic heterocycles. The number of rotatable bonds is 7. The molecular weight excluding hydrogens is 374 g/mol. The van der Waals surface area contributed by atoms with Crippen LogP contribution >= 0.6 is 0 Å². The largest absolute Gasteiger partial charge is 0.379 e. The van der Waals surface area contributed by atoms with E-state index in [0.717, 1.165) is 29.9 Å². The van der Waals surface area contributed by atoms with Crippen molar-refractivity contribution < 1.29 is 13.2 Å². The maximum Gasteiger partial charge on any atom is 0.240 e. The SMILES string of the molecule is Cc1ccc(S(=O)(=O)NC[C@@H](c2ccc(N(C)C)cc2)N2CCOCC2)cc1. The third-order valence-corrected chi connectivity index (χ3v) is 6.52. The number of hydrogen-bond acceptors (Lipinski definition) is 5. The van der Waals surface area contributed by atoms with Gasteiger partial charge in [0.15, 0.2) is 0 Å². The Morgan fingerprint density at radius 2 is 1.64 bits per heavy atom. The summed E-state index contributed by atoms with van der Waals surface area (Å²) in [6, 6.07) is 15.2. The molecule has 1 heterocycles. The van der Waals surface area contributed by atoms with E-state index in [2.05, 4.69) is 33.9 Å². The third kappa shape index (κ3) is 5.11. The highest BCUT2D eigenvalue weighted by atomic mass is 32.2. The Kier molecular flexibility index (Phi) is 6.72. The van der Waals surface area contributed by atoms with Crippen LogP contribution in [-0.4, -0.2) is 60.3 Å². The number of anilines is 1. The van der Waals surface area contributed by atoms with E-state index >= 15 is 0 Å². The summed E-state index contributed by atoms with van der Waals surface area (Å²) in [5, 5.41) is 0. The molecule has 1 fully saturated rings. The fourth-order valence-corrected chi connectivity index (χ4v) is 4.37. The maximum absolute atomic E-state index is 12.7. The fourth-order valence-electron chi connectivity index (χ4n) is 3.33. The molecule has 28 heavy (non-hydrogen) atoms. The number of benzene rings is 2. The van der Waals surface area contributed by atoms with Crippen LogP contribution in [0.2, 0.25) is 0 Å². The van der Waals surface area contributed by atoms with Gasteiger partial charge in [-0.25, -0.2) is 13.1 Å². The van der Waals surface area contributed by atoms with Crippen molar-refractivity contribution in [3.63, 3.8) is 0 Å². The Morgan fingerprint density at radius 1 is 1.04 bits per heavy atom. The molecule has 1 aliphatic rings. The Hall–Kier alpha value is -1.93. The lowest BCUT2D eigenvalue weighted by Gasteiger charge is -2.35. The van der Waals surface area contributed by atoms with Crippen LogP contribution in [0.1, 0.15) is 17.2 Å². The zero-order valence-corrected chi connectivity index (χ0v) is 17.6. The van der Waals surface area contributed by atoms with Crippen LogP contribution in [-0.2, 0) is 14.8 Å². The first-order valence-electron chi connectivity index (χ1n) is 9.52. The van der Waals surface area contributed by atoms with E-state index < -0.39 is 10.0 Å². The first kappa shape index (κ1) is 20.8. The molecule has 0 amide bonds. The lowest BCUT2D eigenvalue weighted by atomic mass is 10.0. The van der Waals surface area contributed by atoms with E-state index in [1.807, 2.05) is 38.1 Å². The number of nitrogens with zero attached hydrogens (tertiary/aromatic N) is 2. The summed E-state index contributed by atoms with van der Waals surface area (Å²) in [5.41, 5.74) is 3.25. The molecule has 1 atom stereocenters. The molecule has 0 saturated carbocycles. The van der Waals surface area contributed by atoms with Crippen LogP contribution in [0.3, 0.4) is 0 Å². The van der Waals surface area contributed by atoms with Gasteiger partial charge in [0.2, 0.25) is 10.0 Å². The molecular formula is C21H29N3O3S. The first-order valence-corrected chi connectivity index (χ1v) is 11.0. The zero-order valence-electron chi connectivity index (χ0n) is 16.8. The summed E-state index contributed by atoms with van der Waals surface area (Å²) in [6.45, 7) is 5.15. The van der Waals surface area contributed by atoms with Crippen LogP contribution in [0.5, 0.6) is 0 Å². The van der Waals surface area contributed by atoms with Gasteiger partial charge >= 0.3 is 0 Å². The molecule has 1 aliphatic heterocycles. The van der Waals surface area contributed by atoms with E-state index in [-0.39, 0.29) is 6.04 Å². The van der Waals surface area contributed by atoms with E-state index in [9.17, 15) is 8.42 Å². The molecule has 2 aromatic rings. The molecule has 1 saturated heterocycles. The van der Waals surface area contributed by atoms with Crippen molar-refractivity contribution in [2.24, 2.45) is 0 Å². The summed E-state index contributed by atoms with van der Waals surface area (Å²) in [7, 11) is 0.452. The molecule has 0 radical (unpaired) electrons. The van der Waals surface area contributed by atoms with E-state index in [1.165, 1.54) is 0 Å². The van der Waals surface area contributed by atoms with Crippen LogP contribution < -0.4 is 9.62 Å². The number of aryl methyl sites for hydroxylation is 1. The predicted molar refractivity (Wildman–Crippen MR) is 112 cm³/mol. The number of ether oxygens (including phenoxy) is 1. The summed E-state index contributed by atoms with van der Waals surface area (Å²) in [5.74, 6) is 0. The van der Waals surface area contributed by atoms with Crippen molar-refractivity contribution in [2.75, 3.05) is 51.8 Å². The van der Waals surface area contributed by atoms with Crippen LogP contribution in [0, 0.1) is 6.92 Å². The van der Waals surface area contributed by atoms with E-state index in [0.29, 0.717) is 24.7 Å². The van der Waals surface area contributed by atoms with Crippen LogP contribution in [0.4, 0.5) is 5.69 Å². The van der Waals surface area contributed by atoms with Crippen LogP contribution in [0.15, 0.2) is 53.4 Å². The number of nitrogens with one attached hydrogen (secondary N) is 1. The monoisotopic (exact) mass is 403 g/mol. The highest BCUT2D eigenvalue weighted by Gasteiger charge is 2.25. The normalized spacial score (nSPS) is 16.7. The van der Waals surface area contributed by atoms with Crippen molar-refractivity contribution in [3.05, 3.63) is 59.7 Å². The highest BCUT2D eigenvalue weighted by Crippen LogP contribution is 2.24. The molecule has 152 valence electrons. The third-order valence-electron chi connectivity index (χ3n) is 5.08. The van der Waals surface area contributed by atoms with Crippen molar-refractivity contribution in [3.8, 4) is 0 Å². The maximum atomic E-state index is 12.7. The standard InChI is InChI=1S/C21H29N3O3S/c1-17-4-10-20(11-5-17)28(25,26)22-16-21(24-12-14-27-15-13-24)18-6-8-19(9-7-18)23(2)3/h4-11,21-22H,12-16H2,1-3H3/t21-/m0/s1. The van der Waals surface area contributed by atoms with Gasteiger partial charge in [-0.05, 0) is 36.8 Å². The molecule has 6 nitrogen and oxygen atoms in total. The summed E-state index contributed by atoms with van der Waals surface area (Å²) in [6.07, 6.45) is 0. The highest BCUT2D eigenvalue weighted by molar-refractivity contribution is 7.89. The van der Waals surface area contributed by atoms with Crippen molar-refractivity contribution >= 4 is 15.7 Å². The molecule has 0 unspecified atom stereocenters. The molecule has 2 aromatic carbocycles. The minimum absolute atomic E-state index is 0.0414. The van der Waals surface area contributed by atoms with Gasteiger partial charge in [-0.15, -0.1) is 0 Å². The van der Waals surface area contributed by atoms with Gasteiger partial charge in [0.05, 0.1) is 18.1 Å². The van der Waals surface area contributed by atoms with Gasteiger partial charge < -0.3 is 9.64 Å². The minimum atomic E-state index is -3.56. The van der Waals surface area contributed by atoms with Gasteiger partial charge in [0, 0.05) is 45.5 Å². The molecule has 3 rings (SSSR count). The second-order valence-electron chi connectivity index (χ2n) is 7.32. The zero-order chi connectivity index (χ0) is 20.1. The number of morpholine rings is 1. The van der Waals surface area contributed by atoms with Crippen molar-refractivity contribution in [1.29, 1.82) is 0 Å². The van der Waals surface area contributed by atoms with Crippen molar-refractivity contribution in [1.82, 2.24) is 9.62 Å². The number of hydrogen-bond donors (Lipinski definition) is 1. The van der Waals surface area contributed by atoms with Gasteiger partial charge in [-0.2, -0.15) is 0 Å². The molecule has 1 N–H and O–H groups in total. The van der Waals surface area contributed by atoms with Gasteiger partial charge in [-0.1, -0.05) is 29.8 Å². The van der Waals surface area contributed by atoms with Crippen LogP contribution in [0.25, 0.3) is 0 Å². The summed E-state index contributed by atoms with van der Waals surface area (Å²) < 4.78 is 33.8. The molecule has 0 spiro atoms. The topological polar surface area (TPSA) is 61.9 Å². The second-order valence-corrected chi connectivity index (χ2v) is 9.08. The summed E-state index contributed by atoms with van der Waals surface area (Å²) >= 11 is 0. The Bertz CT molecular complexity index is 859. The first-order chi connectivity index (χ1) is 13.4. The minimum Gasteiger partial charge on any atom is -0.379 e. The summed E-state index contributed by atoms with van der Waals surface area (Å²) in [4.78, 5) is 4.63. The van der Waals surface area contributed by atoms with E-state index in [4.69, 9.17) is 4.74 Å². The Balaban J connectivity index is 1.79.